The number of hydrogen-bond acceptors (Lipinski definition) is 4. The molecule has 0 fully saturated rings. The number of alkyl halides is 1. The molecule has 0 saturated heterocycles. The molecule has 2 heterocycles. The van der Waals surface area contributed by atoms with Crippen molar-refractivity contribution in [3.63, 3.8) is 0 Å². The van der Waals surface area contributed by atoms with Gasteiger partial charge in [0.1, 0.15) is 24.7 Å². The molecule has 1 aliphatic heterocycles. The van der Waals surface area contributed by atoms with Crippen LogP contribution >= 0.6 is 31.9 Å². The summed E-state index contributed by atoms with van der Waals surface area (Å²) in [4.78, 5) is 0. The molecule has 3 rings (SSSR count). The summed E-state index contributed by atoms with van der Waals surface area (Å²) >= 11 is 6.81. The number of rotatable bonds is 2. The molecule has 0 spiro atoms. The molecule has 94 valence electrons. The lowest BCUT2D eigenvalue weighted by atomic mass is 10.1. The molecule has 0 amide bonds. The van der Waals surface area contributed by atoms with Gasteiger partial charge >= 0.3 is 0 Å². The first-order valence-corrected chi connectivity index (χ1v) is 7.30. The molecule has 0 saturated carbocycles. The second-order valence-electron chi connectivity index (χ2n) is 3.79. The van der Waals surface area contributed by atoms with Crippen LogP contribution in [0.4, 0.5) is 0 Å². The molecule has 1 aliphatic rings. The molecule has 6 heteroatoms. The second kappa shape index (κ2) is 4.93. The SMILES string of the molecule is BrCc1cc(-c2cc(Br)c3c(c2)OCCO3)no1. The van der Waals surface area contributed by atoms with E-state index in [0.717, 1.165) is 33.0 Å². The van der Waals surface area contributed by atoms with Crippen LogP contribution in [-0.2, 0) is 5.33 Å². The number of halogens is 2. The van der Waals surface area contributed by atoms with E-state index in [0.29, 0.717) is 18.5 Å². The molecule has 0 radical (unpaired) electrons. The number of fused-ring (bicyclic) bond motifs is 1. The summed E-state index contributed by atoms with van der Waals surface area (Å²) in [6, 6.07) is 5.76. The Morgan fingerprint density at radius 3 is 2.78 bits per heavy atom. The molecule has 0 bridgehead atoms. The van der Waals surface area contributed by atoms with Crippen LogP contribution in [0.2, 0.25) is 0 Å². The number of benzene rings is 1. The lowest BCUT2D eigenvalue weighted by Crippen LogP contribution is -2.15. The van der Waals surface area contributed by atoms with Crippen molar-refractivity contribution in [2.45, 2.75) is 5.33 Å². The normalized spacial score (nSPS) is 13.7. The van der Waals surface area contributed by atoms with Crippen LogP contribution in [0.1, 0.15) is 5.76 Å². The average Bonchev–Trinajstić information content (AvgIpc) is 2.87. The molecule has 0 unspecified atom stereocenters. The predicted octanol–water partition coefficient (Wildman–Crippen LogP) is 3.77. The highest BCUT2D eigenvalue weighted by Crippen LogP contribution is 2.41. The first-order valence-electron chi connectivity index (χ1n) is 5.39. The van der Waals surface area contributed by atoms with Gasteiger partial charge in [0.2, 0.25) is 0 Å². The van der Waals surface area contributed by atoms with Crippen LogP contribution in [0.15, 0.2) is 27.2 Å². The summed E-state index contributed by atoms with van der Waals surface area (Å²) in [5.41, 5.74) is 1.71. The Morgan fingerprint density at radius 1 is 1.17 bits per heavy atom. The van der Waals surface area contributed by atoms with E-state index in [1.54, 1.807) is 0 Å². The van der Waals surface area contributed by atoms with Gasteiger partial charge in [-0.3, -0.25) is 0 Å². The molecule has 1 aromatic heterocycles. The average molecular weight is 375 g/mol. The van der Waals surface area contributed by atoms with Crippen molar-refractivity contribution in [2.75, 3.05) is 13.2 Å². The van der Waals surface area contributed by atoms with Gasteiger partial charge in [-0.1, -0.05) is 21.1 Å². The highest BCUT2D eigenvalue weighted by Gasteiger charge is 2.18. The minimum atomic E-state index is 0.564. The van der Waals surface area contributed by atoms with Gasteiger partial charge in [0.15, 0.2) is 11.5 Å². The number of nitrogens with zero attached hydrogens (tertiary/aromatic N) is 1. The van der Waals surface area contributed by atoms with Crippen LogP contribution in [0.25, 0.3) is 11.3 Å². The van der Waals surface area contributed by atoms with Gasteiger partial charge < -0.3 is 14.0 Å². The van der Waals surface area contributed by atoms with Crippen molar-refractivity contribution in [3.8, 4) is 22.8 Å². The molecule has 0 aliphatic carbocycles. The van der Waals surface area contributed by atoms with Crippen molar-refractivity contribution in [1.82, 2.24) is 5.16 Å². The lowest BCUT2D eigenvalue weighted by Gasteiger charge is -2.20. The number of ether oxygens (including phenoxy) is 2. The van der Waals surface area contributed by atoms with Gasteiger partial charge in [-0.2, -0.15) is 0 Å². The van der Waals surface area contributed by atoms with E-state index in [4.69, 9.17) is 14.0 Å². The third-order valence-electron chi connectivity index (χ3n) is 2.58. The molecule has 2 aromatic rings. The summed E-state index contributed by atoms with van der Waals surface area (Å²) in [6.45, 7) is 1.14. The predicted molar refractivity (Wildman–Crippen MR) is 73.3 cm³/mol. The van der Waals surface area contributed by atoms with Crippen LogP contribution in [0.5, 0.6) is 11.5 Å². The van der Waals surface area contributed by atoms with Gasteiger partial charge in [0.05, 0.1) is 9.80 Å². The summed E-state index contributed by atoms with van der Waals surface area (Å²) < 4.78 is 17.2. The molecule has 0 atom stereocenters. The minimum absolute atomic E-state index is 0.564. The maximum atomic E-state index is 5.58. The Hall–Kier alpha value is -1.01. The highest BCUT2D eigenvalue weighted by atomic mass is 79.9. The Bertz CT molecular complexity index is 583. The molecule has 18 heavy (non-hydrogen) atoms. The van der Waals surface area contributed by atoms with Gasteiger partial charge in [-0.05, 0) is 28.1 Å². The van der Waals surface area contributed by atoms with E-state index in [2.05, 4.69) is 37.0 Å². The Labute approximate surface area is 121 Å². The van der Waals surface area contributed by atoms with E-state index in [9.17, 15) is 0 Å². The van der Waals surface area contributed by atoms with Crippen LogP contribution < -0.4 is 9.47 Å². The maximum absolute atomic E-state index is 5.58. The third kappa shape index (κ3) is 2.14. The summed E-state index contributed by atoms with van der Waals surface area (Å²) in [5.74, 6) is 2.26. The zero-order valence-corrected chi connectivity index (χ0v) is 12.5. The van der Waals surface area contributed by atoms with E-state index in [-0.39, 0.29) is 0 Å². The zero-order chi connectivity index (χ0) is 12.5. The lowest BCUT2D eigenvalue weighted by molar-refractivity contribution is 0.170. The fourth-order valence-electron chi connectivity index (χ4n) is 1.77. The van der Waals surface area contributed by atoms with Gasteiger partial charge in [0, 0.05) is 11.6 Å². The molecule has 1 aromatic carbocycles. The van der Waals surface area contributed by atoms with Gasteiger partial charge in [-0.25, -0.2) is 0 Å². The molecular weight excluding hydrogens is 366 g/mol. The summed E-state index contributed by atoms with van der Waals surface area (Å²) in [6.07, 6.45) is 0. The Kier molecular flexibility index (Phi) is 3.30. The van der Waals surface area contributed by atoms with E-state index in [1.807, 2.05) is 18.2 Å². The second-order valence-corrected chi connectivity index (χ2v) is 5.21. The van der Waals surface area contributed by atoms with E-state index in [1.165, 1.54) is 0 Å². The quantitative estimate of drug-likeness (QED) is 0.750. The van der Waals surface area contributed by atoms with E-state index >= 15 is 0 Å². The van der Waals surface area contributed by atoms with Crippen molar-refractivity contribution >= 4 is 31.9 Å². The van der Waals surface area contributed by atoms with Crippen LogP contribution in [0.3, 0.4) is 0 Å². The topological polar surface area (TPSA) is 44.5 Å². The minimum Gasteiger partial charge on any atom is -0.486 e. The Balaban J connectivity index is 2.04. The standard InChI is InChI=1S/C12H9Br2NO3/c13-6-8-5-10(15-18-8)7-3-9(14)12-11(4-7)16-1-2-17-12/h3-5H,1-2,6H2. The van der Waals surface area contributed by atoms with Crippen molar-refractivity contribution in [2.24, 2.45) is 0 Å². The highest BCUT2D eigenvalue weighted by molar-refractivity contribution is 9.10. The fraction of sp³-hybridized carbons (Fsp3) is 0.250. The van der Waals surface area contributed by atoms with Gasteiger partial charge in [0.25, 0.3) is 0 Å². The monoisotopic (exact) mass is 373 g/mol. The molecular formula is C12H9Br2NO3. The zero-order valence-electron chi connectivity index (χ0n) is 9.28. The third-order valence-corrected chi connectivity index (χ3v) is 3.72. The largest absolute Gasteiger partial charge is 0.486 e. The van der Waals surface area contributed by atoms with Crippen molar-refractivity contribution in [3.05, 3.63) is 28.4 Å². The van der Waals surface area contributed by atoms with Crippen molar-refractivity contribution in [1.29, 1.82) is 0 Å². The van der Waals surface area contributed by atoms with Gasteiger partial charge in [-0.15, -0.1) is 0 Å². The van der Waals surface area contributed by atoms with Crippen LogP contribution in [-0.4, -0.2) is 18.4 Å². The first-order chi connectivity index (χ1) is 8.78. The van der Waals surface area contributed by atoms with Crippen molar-refractivity contribution < 1.29 is 14.0 Å². The number of hydrogen-bond donors (Lipinski definition) is 0. The Morgan fingerprint density at radius 2 is 2.00 bits per heavy atom. The maximum Gasteiger partial charge on any atom is 0.175 e. The molecule has 0 N–H and O–H groups in total. The smallest absolute Gasteiger partial charge is 0.175 e. The summed E-state index contributed by atoms with van der Waals surface area (Å²) in [7, 11) is 0. The van der Waals surface area contributed by atoms with E-state index < -0.39 is 0 Å². The van der Waals surface area contributed by atoms with Crippen LogP contribution in [0, 0.1) is 0 Å². The molecule has 4 nitrogen and oxygen atoms in total. The number of aromatic nitrogens is 1. The fourth-order valence-corrected chi connectivity index (χ4v) is 2.59. The first kappa shape index (κ1) is 12.0. The summed E-state index contributed by atoms with van der Waals surface area (Å²) in [5, 5.41) is 4.67.